The van der Waals surface area contributed by atoms with E-state index in [2.05, 4.69) is 29.1 Å². The smallest absolute Gasteiger partial charge is 0.129 e. The molecule has 0 aromatic carbocycles. The van der Waals surface area contributed by atoms with Crippen molar-refractivity contribution in [3.05, 3.63) is 18.1 Å². The van der Waals surface area contributed by atoms with Crippen LogP contribution in [0.15, 0.2) is 12.4 Å². The van der Waals surface area contributed by atoms with Gasteiger partial charge in [-0.3, -0.25) is 0 Å². The monoisotopic (exact) mass is 249 g/mol. The predicted octanol–water partition coefficient (Wildman–Crippen LogP) is 2.71. The van der Waals surface area contributed by atoms with Crippen LogP contribution in [0, 0.1) is 0 Å². The third-order valence-electron chi connectivity index (χ3n) is 3.59. The van der Waals surface area contributed by atoms with Crippen molar-refractivity contribution in [1.29, 1.82) is 0 Å². The number of aliphatic hydroxyl groups excluding tert-OH is 1. The lowest BCUT2D eigenvalue weighted by Crippen LogP contribution is -2.32. The average Bonchev–Trinajstić information content (AvgIpc) is 2.55. The lowest BCUT2D eigenvalue weighted by molar-refractivity contribution is 0.144. The Bertz CT molecular complexity index is 381. The first kappa shape index (κ1) is 13.3. The van der Waals surface area contributed by atoms with Gasteiger partial charge in [-0.2, -0.15) is 0 Å². The fraction of sp³-hybridized carbons (Fsp3) is 0.714. The number of aromatic nitrogens is 2. The number of hydrogen-bond acceptors (Lipinski definition) is 4. The van der Waals surface area contributed by atoms with E-state index in [1.165, 1.54) is 12.8 Å². The SMILES string of the molecule is CC(C)c1cc(NC2CCCCCC2O)ncn1. The molecule has 1 heterocycles. The highest BCUT2D eigenvalue weighted by Crippen LogP contribution is 2.22. The van der Waals surface area contributed by atoms with Gasteiger partial charge in [0.2, 0.25) is 0 Å². The van der Waals surface area contributed by atoms with Gasteiger partial charge in [0.15, 0.2) is 0 Å². The maximum Gasteiger partial charge on any atom is 0.129 e. The quantitative estimate of drug-likeness (QED) is 0.809. The molecule has 1 fully saturated rings. The van der Waals surface area contributed by atoms with Crippen LogP contribution in [0.25, 0.3) is 0 Å². The zero-order valence-corrected chi connectivity index (χ0v) is 11.3. The van der Waals surface area contributed by atoms with Gasteiger partial charge in [-0.05, 0) is 18.8 Å². The summed E-state index contributed by atoms with van der Waals surface area (Å²) in [6, 6.07) is 2.12. The van der Waals surface area contributed by atoms with E-state index in [0.29, 0.717) is 5.92 Å². The first-order valence-electron chi connectivity index (χ1n) is 6.93. The zero-order valence-electron chi connectivity index (χ0n) is 11.3. The molecule has 0 amide bonds. The molecule has 4 nitrogen and oxygen atoms in total. The second kappa shape index (κ2) is 6.14. The van der Waals surface area contributed by atoms with Gasteiger partial charge in [0.25, 0.3) is 0 Å². The van der Waals surface area contributed by atoms with Gasteiger partial charge in [0.1, 0.15) is 12.1 Å². The highest BCUT2D eigenvalue weighted by atomic mass is 16.3. The molecule has 0 radical (unpaired) electrons. The van der Waals surface area contributed by atoms with Crippen molar-refractivity contribution in [2.75, 3.05) is 5.32 Å². The van der Waals surface area contributed by atoms with E-state index < -0.39 is 0 Å². The molecule has 1 saturated carbocycles. The van der Waals surface area contributed by atoms with Crippen LogP contribution in [0.2, 0.25) is 0 Å². The summed E-state index contributed by atoms with van der Waals surface area (Å²) in [5.41, 5.74) is 1.04. The van der Waals surface area contributed by atoms with E-state index >= 15 is 0 Å². The topological polar surface area (TPSA) is 58.0 Å². The molecule has 4 heteroatoms. The molecule has 2 rings (SSSR count). The first-order chi connectivity index (χ1) is 8.66. The van der Waals surface area contributed by atoms with Crippen molar-refractivity contribution in [3.8, 4) is 0 Å². The Kier molecular flexibility index (Phi) is 4.53. The normalized spacial score (nSPS) is 24.9. The fourth-order valence-electron chi connectivity index (χ4n) is 2.41. The molecule has 2 unspecified atom stereocenters. The number of anilines is 1. The summed E-state index contributed by atoms with van der Waals surface area (Å²) >= 11 is 0. The predicted molar refractivity (Wildman–Crippen MR) is 72.6 cm³/mol. The largest absolute Gasteiger partial charge is 0.391 e. The standard InChI is InChI=1S/C14H23N3O/c1-10(2)12-8-14(16-9-15-12)17-11-6-4-3-5-7-13(11)18/h8-11,13,18H,3-7H2,1-2H3,(H,15,16,17). The number of nitrogens with zero attached hydrogens (tertiary/aromatic N) is 2. The lowest BCUT2D eigenvalue weighted by atomic mass is 10.1. The third-order valence-corrected chi connectivity index (χ3v) is 3.59. The average molecular weight is 249 g/mol. The Balaban J connectivity index is 2.05. The Morgan fingerprint density at radius 1 is 1.22 bits per heavy atom. The molecule has 2 atom stereocenters. The molecular weight excluding hydrogens is 226 g/mol. The van der Waals surface area contributed by atoms with Gasteiger partial charge in [-0.15, -0.1) is 0 Å². The Morgan fingerprint density at radius 2 is 2.00 bits per heavy atom. The van der Waals surface area contributed by atoms with Crippen LogP contribution >= 0.6 is 0 Å². The van der Waals surface area contributed by atoms with Crippen LogP contribution < -0.4 is 5.32 Å². The fourth-order valence-corrected chi connectivity index (χ4v) is 2.41. The highest BCUT2D eigenvalue weighted by molar-refractivity contribution is 5.37. The maximum atomic E-state index is 10.1. The van der Waals surface area contributed by atoms with Gasteiger partial charge >= 0.3 is 0 Å². The van der Waals surface area contributed by atoms with Gasteiger partial charge < -0.3 is 10.4 Å². The van der Waals surface area contributed by atoms with E-state index in [-0.39, 0.29) is 12.1 Å². The molecule has 1 aromatic rings. The van der Waals surface area contributed by atoms with E-state index in [1.807, 2.05) is 6.07 Å². The molecule has 0 bridgehead atoms. The van der Waals surface area contributed by atoms with Crippen LogP contribution in [0.4, 0.5) is 5.82 Å². The molecule has 1 aromatic heterocycles. The molecular formula is C14H23N3O. The number of aliphatic hydroxyl groups is 1. The van der Waals surface area contributed by atoms with Gasteiger partial charge in [-0.25, -0.2) is 9.97 Å². The molecule has 0 aliphatic heterocycles. The Labute approximate surface area is 109 Å². The van der Waals surface area contributed by atoms with Gasteiger partial charge in [-0.1, -0.05) is 33.1 Å². The van der Waals surface area contributed by atoms with Crippen molar-refractivity contribution >= 4 is 5.82 Å². The summed E-state index contributed by atoms with van der Waals surface area (Å²) < 4.78 is 0. The van der Waals surface area contributed by atoms with Crippen molar-refractivity contribution < 1.29 is 5.11 Å². The summed E-state index contributed by atoms with van der Waals surface area (Å²) in [5.74, 6) is 1.23. The third kappa shape index (κ3) is 3.42. The zero-order chi connectivity index (χ0) is 13.0. The minimum absolute atomic E-state index is 0.127. The summed E-state index contributed by atoms with van der Waals surface area (Å²) in [4.78, 5) is 8.50. The molecule has 0 saturated heterocycles. The molecule has 1 aliphatic carbocycles. The summed E-state index contributed by atoms with van der Waals surface area (Å²) in [7, 11) is 0. The second-order valence-electron chi connectivity index (χ2n) is 5.44. The van der Waals surface area contributed by atoms with Crippen LogP contribution in [-0.4, -0.2) is 27.2 Å². The van der Waals surface area contributed by atoms with Crippen molar-refractivity contribution in [1.82, 2.24) is 9.97 Å². The summed E-state index contributed by atoms with van der Waals surface area (Å²) in [5, 5.41) is 13.4. The summed E-state index contributed by atoms with van der Waals surface area (Å²) in [6.07, 6.45) is 6.76. The van der Waals surface area contributed by atoms with Crippen LogP contribution in [-0.2, 0) is 0 Å². The van der Waals surface area contributed by atoms with Crippen LogP contribution in [0.5, 0.6) is 0 Å². The molecule has 0 spiro atoms. The highest BCUT2D eigenvalue weighted by Gasteiger charge is 2.21. The summed E-state index contributed by atoms with van der Waals surface area (Å²) in [6.45, 7) is 4.24. The van der Waals surface area contributed by atoms with Gasteiger partial charge in [0, 0.05) is 11.8 Å². The van der Waals surface area contributed by atoms with E-state index in [9.17, 15) is 5.11 Å². The minimum Gasteiger partial charge on any atom is -0.391 e. The Hall–Kier alpha value is -1.16. The van der Waals surface area contributed by atoms with Crippen molar-refractivity contribution in [2.45, 2.75) is 64.0 Å². The lowest BCUT2D eigenvalue weighted by Gasteiger charge is -2.22. The Morgan fingerprint density at radius 3 is 2.78 bits per heavy atom. The van der Waals surface area contributed by atoms with E-state index in [1.54, 1.807) is 6.33 Å². The van der Waals surface area contributed by atoms with Crippen molar-refractivity contribution in [3.63, 3.8) is 0 Å². The van der Waals surface area contributed by atoms with E-state index in [0.717, 1.165) is 30.8 Å². The van der Waals surface area contributed by atoms with Gasteiger partial charge in [0.05, 0.1) is 12.1 Å². The van der Waals surface area contributed by atoms with E-state index in [4.69, 9.17) is 0 Å². The number of rotatable bonds is 3. The number of nitrogens with one attached hydrogen (secondary N) is 1. The molecule has 1 aliphatic rings. The second-order valence-corrected chi connectivity index (χ2v) is 5.44. The maximum absolute atomic E-state index is 10.1. The molecule has 18 heavy (non-hydrogen) atoms. The van der Waals surface area contributed by atoms with Crippen LogP contribution in [0.1, 0.15) is 57.6 Å². The number of hydrogen-bond donors (Lipinski definition) is 2. The van der Waals surface area contributed by atoms with Crippen LogP contribution in [0.3, 0.4) is 0 Å². The van der Waals surface area contributed by atoms with Crippen molar-refractivity contribution in [2.24, 2.45) is 0 Å². The molecule has 2 N–H and O–H groups in total. The molecule has 100 valence electrons. The minimum atomic E-state index is -0.259. The first-order valence-corrected chi connectivity index (χ1v) is 6.93.